The first kappa shape index (κ1) is 77.9. The Balaban J connectivity index is 0.896. The van der Waals surface area contributed by atoms with Crippen LogP contribution in [0.25, 0.3) is 111 Å². The third-order valence-corrected chi connectivity index (χ3v) is 28.7. The lowest BCUT2D eigenvalue weighted by Crippen LogP contribution is -2.61. The first-order valence-corrected chi connectivity index (χ1v) is 44.5. The van der Waals surface area contributed by atoms with Gasteiger partial charge in [-0.25, -0.2) is 0 Å². The maximum atomic E-state index is 2.68. The topological polar surface area (TPSA) is 16.3 Å². The number of fused-ring (bicyclic) bond motifs is 12. The minimum Gasteiger partial charge on any atom is -0.311 e. The van der Waals surface area contributed by atoms with Crippen LogP contribution in [-0.4, -0.2) is 15.8 Å². The van der Waals surface area contributed by atoms with Gasteiger partial charge in [-0.1, -0.05) is 320 Å². The molecule has 0 saturated heterocycles. The Kier molecular flexibility index (Phi) is 17.7. The number of hydrogen-bond donors (Lipinski definition) is 0. The molecule has 20 rings (SSSR count). The number of nitrogens with zero attached hydrogens (tertiary/aromatic N) is 4. The van der Waals surface area contributed by atoms with Crippen molar-refractivity contribution in [2.75, 3.05) is 9.80 Å². The van der Waals surface area contributed by atoms with E-state index in [0.717, 1.165) is 69.4 Å². The second kappa shape index (κ2) is 27.4. The van der Waals surface area contributed by atoms with Gasteiger partial charge in [0.1, 0.15) is 0 Å². The van der Waals surface area contributed by atoms with E-state index < -0.39 is 0 Å². The highest BCUT2D eigenvalue weighted by Gasteiger charge is 2.46. The quantitative estimate of drug-likeness (QED) is 0.134. The van der Waals surface area contributed by atoms with E-state index in [2.05, 4.69) is 443 Å². The van der Waals surface area contributed by atoms with Crippen LogP contribution in [0.5, 0.6) is 0 Å². The summed E-state index contributed by atoms with van der Waals surface area (Å²) in [5, 5.41) is 4.95. The Hall–Kier alpha value is -11.7. The van der Waals surface area contributed by atoms with Crippen molar-refractivity contribution in [3.63, 3.8) is 0 Å². The highest BCUT2D eigenvalue weighted by atomic mass is 15.2. The molecule has 2 aromatic heterocycles. The molecule has 602 valence electrons. The van der Waals surface area contributed by atoms with Gasteiger partial charge in [-0.3, -0.25) is 0 Å². The van der Waals surface area contributed by atoms with E-state index in [0.29, 0.717) is 0 Å². The minimum atomic E-state index is -0.231. The maximum absolute atomic E-state index is 2.68. The van der Waals surface area contributed by atoms with E-state index >= 15 is 0 Å². The fourth-order valence-electron chi connectivity index (χ4n) is 20.9. The van der Waals surface area contributed by atoms with E-state index in [-0.39, 0.29) is 50.0 Å². The lowest BCUT2D eigenvalue weighted by atomic mass is 9.33. The van der Waals surface area contributed by atoms with Gasteiger partial charge in [0.15, 0.2) is 0 Å². The van der Waals surface area contributed by atoms with Crippen molar-refractivity contribution in [2.24, 2.45) is 0 Å². The number of rotatable bonds is 9. The summed E-state index contributed by atoms with van der Waals surface area (Å²) in [5.41, 5.74) is 40.8. The van der Waals surface area contributed by atoms with Crippen LogP contribution in [0.3, 0.4) is 0 Å². The van der Waals surface area contributed by atoms with Gasteiger partial charge in [-0.2, -0.15) is 0 Å². The van der Waals surface area contributed by atoms with Crippen molar-refractivity contribution in [2.45, 2.75) is 207 Å². The monoisotopic (exact) mass is 1570 g/mol. The molecule has 5 heteroatoms. The lowest BCUT2D eigenvalue weighted by Gasteiger charge is -2.45. The van der Waals surface area contributed by atoms with E-state index in [9.17, 15) is 0 Å². The zero-order chi connectivity index (χ0) is 84.3. The van der Waals surface area contributed by atoms with Crippen LogP contribution in [0.2, 0.25) is 0 Å². The van der Waals surface area contributed by atoms with Crippen LogP contribution >= 0.6 is 0 Å². The van der Waals surface area contributed by atoms with Crippen LogP contribution in [-0.2, 0) is 43.3 Å². The van der Waals surface area contributed by atoms with Gasteiger partial charge in [0.2, 0.25) is 0 Å². The Labute approximate surface area is 719 Å². The number of anilines is 6. The number of benzene rings is 14. The number of aromatic nitrogens is 2. The molecule has 4 aliphatic rings. The van der Waals surface area contributed by atoms with Gasteiger partial charge >= 0.3 is 0 Å². The fraction of sp³-hybridized carbons (Fsp3) is 0.276. The highest BCUT2D eigenvalue weighted by molar-refractivity contribution is 7.00. The van der Waals surface area contributed by atoms with E-state index in [1.165, 1.54) is 162 Å². The molecule has 14 aromatic carbocycles. The predicted octanol–water partition coefficient (Wildman–Crippen LogP) is 30.2. The molecule has 4 heterocycles. The Morgan fingerprint density at radius 3 is 1.01 bits per heavy atom. The summed E-state index contributed by atoms with van der Waals surface area (Å²) in [5.74, 6) is 0. The molecule has 0 atom stereocenters. The van der Waals surface area contributed by atoms with Crippen LogP contribution in [0.15, 0.2) is 285 Å². The standard InChI is InChI=1S/C116H115BN4/c1-109(2,3)82-40-53-102-92(67-82)93-68-83(110(4,5)6)41-54-103(93)120(102)88-46-49-98-105(69-88)119(87-44-33-75(34-45-87)79-36-48-95-97(64-79)116(19,20)58-56-114(95,15)16)107-71-89(121-100-50-37-76(72-27-23-21-24-28-72)61-90(100)91-62-77(38-51-101(91)121)73-29-25-22-26-30-73)70-106-108(107)117(98)99-65-80(81-59-84(111(7,8)9)66-85(60-81)112(10,11)12)39-52-104(99)118(106)86-42-31-74(32-43-86)78-35-47-94-96(63-78)115(17,18)57-55-113(94,13)14/h21-54,59-71H,55-58H2,1-20H3. The van der Waals surface area contributed by atoms with Crippen molar-refractivity contribution < 1.29 is 0 Å². The van der Waals surface area contributed by atoms with Crippen LogP contribution in [0, 0.1) is 0 Å². The molecule has 16 aromatic rings. The summed E-state index contributed by atoms with van der Waals surface area (Å²) in [7, 11) is 0. The second-order valence-corrected chi connectivity index (χ2v) is 42.8. The van der Waals surface area contributed by atoms with Gasteiger partial charge in [0.25, 0.3) is 6.71 Å². The third kappa shape index (κ3) is 13.1. The van der Waals surface area contributed by atoms with Crippen molar-refractivity contribution >= 4 is 101 Å². The third-order valence-electron chi connectivity index (χ3n) is 28.7. The first-order valence-electron chi connectivity index (χ1n) is 44.5. The Bertz CT molecular complexity index is 6710. The first-order chi connectivity index (χ1) is 57.4. The molecular formula is C116H115BN4. The van der Waals surface area contributed by atoms with Gasteiger partial charge in [0.05, 0.1) is 27.8 Å². The molecule has 0 saturated carbocycles. The van der Waals surface area contributed by atoms with Crippen LogP contribution < -0.4 is 26.2 Å². The molecule has 0 unspecified atom stereocenters. The van der Waals surface area contributed by atoms with E-state index in [1.54, 1.807) is 0 Å². The van der Waals surface area contributed by atoms with Gasteiger partial charge < -0.3 is 18.9 Å². The Morgan fingerprint density at radius 1 is 0.231 bits per heavy atom. The van der Waals surface area contributed by atoms with E-state index in [4.69, 9.17) is 0 Å². The normalized spacial score (nSPS) is 15.9. The summed E-state index contributed by atoms with van der Waals surface area (Å²) in [6, 6.07) is 112. The summed E-state index contributed by atoms with van der Waals surface area (Å²) in [4.78, 5) is 5.33. The molecule has 0 amide bonds. The molecule has 0 bridgehead atoms. The summed E-state index contributed by atoms with van der Waals surface area (Å²) in [6.45, 7) is 47.6. The second-order valence-electron chi connectivity index (χ2n) is 42.8. The average Bonchev–Trinajstić information content (AvgIpc) is 1.60. The van der Waals surface area contributed by atoms with Crippen molar-refractivity contribution in [1.82, 2.24) is 9.13 Å². The molecular weight excluding hydrogens is 1460 g/mol. The Morgan fingerprint density at radius 2 is 0.570 bits per heavy atom. The highest BCUT2D eigenvalue weighted by Crippen LogP contribution is 2.53. The number of hydrogen-bond acceptors (Lipinski definition) is 2. The molecule has 0 N–H and O–H groups in total. The van der Waals surface area contributed by atoms with Crippen molar-refractivity contribution in [3.05, 3.63) is 330 Å². The summed E-state index contributed by atoms with van der Waals surface area (Å²) >= 11 is 0. The predicted molar refractivity (Wildman–Crippen MR) is 522 cm³/mol. The molecule has 2 aliphatic carbocycles. The van der Waals surface area contributed by atoms with Crippen LogP contribution in [0.4, 0.5) is 34.1 Å². The van der Waals surface area contributed by atoms with E-state index in [1.807, 2.05) is 0 Å². The molecule has 0 radical (unpaired) electrons. The average molecular weight is 1580 g/mol. The fourth-order valence-corrected chi connectivity index (χ4v) is 20.9. The molecule has 0 fully saturated rings. The molecule has 2 aliphatic heterocycles. The van der Waals surface area contributed by atoms with Crippen LogP contribution in [0.1, 0.15) is 209 Å². The summed E-state index contributed by atoms with van der Waals surface area (Å²) in [6.07, 6.45) is 4.67. The summed E-state index contributed by atoms with van der Waals surface area (Å²) < 4.78 is 5.17. The molecule has 4 nitrogen and oxygen atoms in total. The SMILES string of the molecule is CC(C)(C)c1cc(-c2ccc3c(c2)B2c4ccc(-n5c6ccc(C(C)(C)C)cc6c6cc(C(C)(C)C)ccc65)cc4N(c4ccc(-c5ccc6c(c5)C(C)(C)CCC6(C)C)cc4)c4cc(-n5c6ccc(-c7ccccc7)cc6c6cc(-c7ccccc7)ccc65)cc(c42)N3c2ccc(-c3ccc4c(c3)C(C)(C)CCC4(C)C)cc2)cc(C(C)(C)C)c1. The maximum Gasteiger partial charge on any atom is 0.252 e. The van der Waals surface area contributed by atoms with Gasteiger partial charge in [-0.15, -0.1) is 0 Å². The van der Waals surface area contributed by atoms with Gasteiger partial charge in [0, 0.05) is 61.4 Å². The smallest absolute Gasteiger partial charge is 0.252 e. The zero-order valence-corrected chi connectivity index (χ0v) is 74.8. The lowest BCUT2D eigenvalue weighted by molar-refractivity contribution is 0.332. The molecule has 121 heavy (non-hydrogen) atoms. The zero-order valence-electron chi connectivity index (χ0n) is 74.8. The minimum absolute atomic E-state index is 0.0548. The molecule has 0 spiro atoms. The van der Waals surface area contributed by atoms with Crippen molar-refractivity contribution in [3.8, 4) is 67.0 Å². The largest absolute Gasteiger partial charge is 0.311 e. The van der Waals surface area contributed by atoms with Crippen molar-refractivity contribution in [1.29, 1.82) is 0 Å². The van der Waals surface area contributed by atoms with Gasteiger partial charge in [-0.05, 0) is 289 Å².